The number of para-hydroxylation sites is 1. The molecule has 1 aromatic carbocycles. The van der Waals surface area contributed by atoms with Crippen LogP contribution in [0.15, 0.2) is 57.7 Å². The van der Waals surface area contributed by atoms with Crippen molar-refractivity contribution < 1.29 is 13.7 Å². The number of carbonyl (C=O) groups is 1. The lowest BCUT2D eigenvalue weighted by Gasteiger charge is -2.12. The van der Waals surface area contributed by atoms with E-state index >= 15 is 0 Å². The van der Waals surface area contributed by atoms with Gasteiger partial charge in [-0.3, -0.25) is 4.79 Å². The van der Waals surface area contributed by atoms with E-state index in [0.717, 1.165) is 5.39 Å². The van der Waals surface area contributed by atoms with Crippen LogP contribution in [0.4, 0.5) is 0 Å². The predicted octanol–water partition coefficient (Wildman–Crippen LogP) is 3.68. The molecule has 7 nitrogen and oxygen atoms in total. The van der Waals surface area contributed by atoms with Crippen molar-refractivity contribution in [3.63, 3.8) is 0 Å². The Morgan fingerprint density at radius 1 is 1.15 bits per heavy atom. The molecule has 4 aromatic rings. The molecule has 3 aromatic heterocycles. The molecule has 26 heavy (non-hydrogen) atoms. The van der Waals surface area contributed by atoms with E-state index in [4.69, 9.17) is 8.94 Å². The van der Waals surface area contributed by atoms with Gasteiger partial charge in [-0.2, -0.15) is 4.98 Å². The molecule has 0 spiro atoms. The second-order valence-corrected chi connectivity index (χ2v) is 5.92. The third kappa shape index (κ3) is 2.95. The monoisotopic (exact) mass is 348 g/mol. The van der Waals surface area contributed by atoms with Crippen molar-refractivity contribution in [3.05, 3.63) is 66.0 Å². The van der Waals surface area contributed by atoms with Gasteiger partial charge in [0.25, 0.3) is 5.91 Å². The van der Waals surface area contributed by atoms with Crippen LogP contribution in [0.1, 0.15) is 35.0 Å². The Morgan fingerprint density at radius 3 is 2.73 bits per heavy atom. The van der Waals surface area contributed by atoms with Crippen LogP contribution in [-0.2, 0) is 0 Å². The van der Waals surface area contributed by atoms with Crippen LogP contribution in [0.2, 0.25) is 0 Å². The normalized spacial score (nSPS) is 12.2. The molecule has 3 heterocycles. The molecule has 0 aliphatic heterocycles. The number of pyridine rings is 1. The molecular formula is C19H16N4O3. The Morgan fingerprint density at radius 2 is 2.00 bits per heavy atom. The molecule has 1 N–H and O–H groups in total. The number of hydrogen-bond donors (Lipinski definition) is 1. The van der Waals surface area contributed by atoms with E-state index in [1.54, 1.807) is 32.2 Å². The van der Waals surface area contributed by atoms with Gasteiger partial charge in [0.1, 0.15) is 11.7 Å². The first-order valence-electron chi connectivity index (χ1n) is 8.16. The van der Waals surface area contributed by atoms with Gasteiger partial charge in [-0.25, -0.2) is 4.98 Å². The number of rotatable bonds is 4. The number of aryl methyl sites for hydroxylation is 1. The van der Waals surface area contributed by atoms with Crippen LogP contribution >= 0.6 is 0 Å². The summed E-state index contributed by atoms with van der Waals surface area (Å²) in [5.74, 6) is 1.24. The number of nitrogens with zero attached hydrogens (tertiary/aromatic N) is 3. The van der Waals surface area contributed by atoms with Crippen molar-refractivity contribution in [1.29, 1.82) is 0 Å². The maximum absolute atomic E-state index is 12.9. The molecular weight excluding hydrogens is 332 g/mol. The highest BCUT2D eigenvalue weighted by Gasteiger charge is 2.20. The minimum Gasteiger partial charge on any atom is -0.463 e. The number of nitrogens with one attached hydrogen (secondary N) is 1. The lowest BCUT2D eigenvalue weighted by molar-refractivity contribution is 0.0934. The Balaban J connectivity index is 1.73. The van der Waals surface area contributed by atoms with Crippen molar-refractivity contribution in [2.75, 3.05) is 0 Å². The molecule has 130 valence electrons. The van der Waals surface area contributed by atoms with Gasteiger partial charge in [0.2, 0.25) is 5.89 Å². The lowest BCUT2D eigenvalue weighted by Crippen LogP contribution is -2.27. The van der Waals surface area contributed by atoms with Crippen molar-refractivity contribution in [2.45, 2.75) is 19.9 Å². The van der Waals surface area contributed by atoms with Gasteiger partial charge < -0.3 is 14.3 Å². The molecule has 1 unspecified atom stereocenters. The third-order valence-corrected chi connectivity index (χ3v) is 4.00. The van der Waals surface area contributed by atoms with Crippen LogP contribution in [0.25, 0.3) is 22.4 Å². The summed E-state index contributed by atoms with van der Waals surface area (Å²) in [6.07, 6.45) is 1.58. The van der Waals surface area contributed by atoms with Gasteiger partial charge in [-0.05, 0) is 38.1 Å². The smallest absolute Gasteiger partial charge is 0.252 e. The van der Waals surface area contributed by atoms with Gasteiger partial charge in [0.05, 0.1) is 17.3 Å². The average Bonchev–Trinajstić information content (AvgIpc) is 3.32. The molecule has 7 heteroatoms. The zero-order valence-corrected chi connectivity index (χ0v) is 14.3. The largest absolute Gasteiger partial charge is 0.463 e. The highest BCUT2D eigenvalue weighted by Crippen LogP contribution is 2.25. The minimum atomic E-state index is -0.414. The van der Waals surface area contributed by atoms with Crippen molar-refractivity contribution >= 4 is 16.8 Å². The lowest BCUT2D eigenvalue weighted by atomic mass is 10.1. The highest BCUT2D eigenvalue weighted by molar-refractivity contribution is 6.07. The zero-order valence-electron chi connectivity index (χ0n) is 14.3. The van der Waals surface area contributed by atoms with Crippen LogP contribution in [-0.4, -0.2) is 21.0 Å². The molecule has 4 rings (SSSR count). The number of hydrogen-bond acceptors (Lipinski definition) is 6. The van der Waals surface area contributed by atoms with Crippen molar-refractivity contribution in [3.8, 4) is 11.5 Å². The summed E-state index contributed by atoms with van der Waals surface area (Å²) in [6, 6.07) is 12.4. The van der Waals surface area contributed by atoms with E-state index in [2.05, 4.69) is 20.4 Å². The van der Waals surface area contributed by atoms with Crippen molar-refractivity contribution in [1.82, 2.24) is 20.4 Å². The van der Waals surface area contributed by atoms with Gasteiger partial charge in [0.15, 0.2) is 11.6 Å². The Labute approximate surface area is 149 Å². The van der Waals surface area contributed by atoms with Gasteiger partial charge in [-0.1, -0.05) is 23.4 Å². The maximum Gasteiger partial charge on any atom is 0.252 e. The topological polar surface area (TPSA) is 94.1 Å². The first kappa shape index (κ1) is 16.0. The molecule has 1 amide bonds. The average molecular weight is 348 g/mol. The maximum atomic E-state index is 12.9. The molecule has 0 aliphatic carbocycles. The fraction of sp³-hybridized carbons (Fsp3) is 0.158. The first-order valence-corrected chi connectivity index (χ1v) is 8.16. The molecule has 0 bridgehead atoms. The minimum absolute atomic E-state index is 0.250. The first-order chi connectivity index (χ1) is 12.6. The molecule has 0 radical (unpaired) electrons. The van der Waals surface area contributed by atoms with Crippen LogP contribution in [0.5, 0.6) is 0 Å². The molecule has 1 atom stereocenters. The highest BCUT2D eigenvalue weighted by atomic mass is 16.5. The Hall–Kier alpha value is -3.48. The van der Waals surface area contributed by atoms with E-state index in [-0.39, 0.29) is 5.91 Å². The van der Waals surface area contributed by atoms with E-state index in [0.29, 0.717) is 34.2 Å². The summed E-state index contributed by atoms with van der Waals surface area (Å²) in [4.78, 5) is 21.7. The molecule has 0 saturated heterocycles. The number of benzene rings is 1. The van der Waals surface area contributed by atoms with E-state index < -0.39 is 6.04 Å². The fourth-order valence-electron chi connectivity index (χ4n) is 2.74. The zero-order chi connectivity index (χ0) is 18.1. The van der Waals surface area contributed by atoms with Gasteiger partial charge in [0, 0.05) is 5.39 Å². The fourth-order valence-corrected chi connectivity index (χ4v) is 2.74. The number of aromatic nitrogens is 3. The summed E-state index contributed by atoms with van der Waals surface area (Å²) in [5.41, 5.74) is 1.82. The number of amides is 1. The van der Waals surface area contributed by atoms with E-state index in [9.17, 15) is 4.79 Å². The van der Waals surface area contributed by atoms with Crippen LogP contribution in [0.3, 0.4) is 0 Å². The van der Waals surface area contributed by atoms with Crippen LogP contribution in [0, 0.1) is 6.92 Å². The summed E-state index contributed by atoms with van der Waals surface area (Å²) >= 11 is 0. The molecule has 0 saturated carbocycles. The van der Waals surface area contributed by atoms with Crippen LogP contribution < -0.4 is 5.32 Å². The number of furan rings is 1. The summed E-state index contributed by atoms with van der Waals surface area (Å²) < 4.78 is 10.6. The van der Waals surface area contributed by atoms with Gasteiger partial charge >= 0.3 is 0 Å². The summed E-state index contributed by atoms with van der Waals surface area (Å²) in [7, 11) is 0. The van der Waals surface area contributed by atoms with Crippen molar-refractivity contribution in [2.24, 2.45) is 0 Å². The number of fused-ring (bicyclic) bond motifs is 1. The summed E-state index contributed by atoms with van der Waals surface area (Å²) in [5, 5.41) is 7.41. The predicted molar refractivity (Wildman–Crippen MR) is 94.4 cm³/mol. The van der Waals surface area contributed by atoms with E-state index in [1.165, 1.54) is 0 Å². The Kier molecular flexibility index (Phi) is 3.96. The van der Waals surface area contributed by atoms with Gasteiger partial charge in [-0.15, -0.1) is 0 Å². The second kappa shape index (κ2) is 6.44. The Bertz CT molecular complexity index is 1070. The van der Waals surface area contributed by atoms with E-state index in [1.807, 2.05) is 30.3 Å². The second-order valence-electron chi connectivity index (χ2n) is 5.92. The molecule has 0 aliphatic rings. The standard InChI is InChI=1S/C19H16N4O3/c1-11(19-21-12(2)23-26-19)20-18(24)14-10-16(17-8-5-9-25-17)22-15-7-4-3-6-13(14)15/h3-11H,1-2H3,(H,20,24). The summed E-state index contributed by atoms with van der Waals surface area (Å²) in [6.45, 7) is 3.52. The quantitative estimate of drug-likeness (QED) is 0.604. The number of carbonyl (C=O) groups excluding carboxylic acids is 1. The third-order valence-electron chi connectivity index (χ3n) is 4.00. The molecule has 0 fully saturated rings. The SMILES string of the molecule is Cc1noc(C(C)NC(=O)c2cc(-c3ccco3)nc3ccccc23)n1.